The van der Waals surface area contributed by atoms with Crippen LogP contribution in [0.3, 0.4) is 0 Å². The number of benzene rings is 2. The highest BCUT2D eigenvalue weighted by molar-refractivity contribution is 5.96. The summed E-state index contributed by atoms with van der Waals surface area (Å²) >= 11 is 0. The van der Waals surface area contributed by atoms with Crippen molar-refractivity contribution in [2.75, 3.05) is 13.2 Å². The van der Waals surface area contributed by atoms with E-state index in [-0.39, 0.29) is 24.1 Å². The topological polar surface area (TPSA) is 111 Å². The number of nitrogens with one attached hydrogen (secondary N) is 1. The molecule has 2 heterocycles. The number of halogens is 1. The maximum absolute atomic E-state index is 15.4. The first-order chi connectivity index (χ1) is 15.9. The van der Waals surface area contributed by atoms with E-state index in [0.717, 1.165) is 4.90 Å². The van der Waals surface area contributed by atoms with Crippen LogP contribution in [0.5, 0.6) is 0 Å². The molecule has 0 bridgehead atoms. The van der Waals surface area contributed by atoms with E-state index in [9.17, 15) is 19.2 Å². The minimum atomic E-state index is -1.93. The van der Waals surface area contributed by atoms with Crippen LogP contribution in [-0.2, 0) is 19.0 Å². The number of urea groups is 1. The zero-order chi connectivity index (χ0) is 23.4. The lowest BCUT2D eigenvalue weighted by atomic mass is 10.1. The lowest BCUT2D eigenvalue weighted by molar-refractivity contribution is -0.124. The molecule has 0 aromatic heterocycles. The minimum absolute atomic E-state index is 0.0273. The third-order valence-corrected chi connectivity index (χ3v) is 5.30. The summed E-state index contributed by atoms with van der Waals surface area (Å²) in [6, 6.07) is 15.4. The van der Waals surface area contributed by atoms with E-state index in [1.54, 1.807) is 48.5 Å². The molecule has 4 atom stereocenters. The molecule has 9 nitrogen and oxygen atoms in total. The predicted octanol–water partition coefficient (Wildman–Crippen LogP) is 2.07. The van der Waals surface area contributed by atoms with Gasteiger partial charge in [-0.05, 0) is 24.3 Å². The second-order valence-corrected chi connectivity index (χ2v) is 7.51. The molecule has 2 aliphatic rings. The van der Waals surface area contributed by atoms with Crippen LogP contribution in [0.15, 0.2) is 60.7 Å². The van der Waals surface area contributed by atoms with Crippen LogP contribution < -0.4 is 5.32 Å². The molecule has 2 aliphatic heterocycles. The molecule has 0 aliphatic carbocycles. The van der Waals surface area contributed by atoms with Gasteiger partial charge in [-0.3, -0.25) is 15.0 Å². The summed E-state index contributed by atoms with van der Waals surface area (Å²) < 4.78 is 31.8. The van der Waals surface area contributed by atoms with Gasteiger partial charge in [0.05, 0.1) is 11.1 Å². The standard InChI is InChI=1S/C23H21FN2O7/c24-18-19(33-22(29)15-9-5-2-6-10-15)16(13-31-21(28)14-7-3-1-4-8-14)32-20(18)26-12-11-17(27)25-23(26)30/h1-10,16,18-20H,11-13H2,(H,25,27,30)/t16-,18?,19?,20-/m1/s1. The molecule has 33 heavy (non-hydrogen) atoms. The molecule has 4 rings (SSSR count). The van der Waals surface area contributed by atoms with Crippen LogP contribution in [0, 0.1) is 0 Å². The number of rotatable bonds is 6. The fourth-order valence-corrected chi connectivity index (χ4v) is 3.62. The fraction of sp³-hybridized carbons (Fsp3) is 0.304. The third-order valence-electron chi connectivity index (χ3n) is 5.30. The Balaban J connectivity index is 1.50. The maximum Gasteiger partial charge on any atom is 0.338 e. The first-order valence-corrected chi connectivity index (χ1v) is 10.3. The quantitative estimate of drug-likeness (QED) is 0.663. The second-order valence-electron chi connectivity index (χ2n) is 7.51. The molecular weight excluding hydrogens is 435 g/mol. The van der Waals surface area contributed by atoms with Crippen molar-refractivity contribution in [3.8, 4) is 0 Å². The molecule has 0 saturated carbocycles. The molecule has 0 radical (unpaired) electrons. The highest BCUT2D eigenvalue weighted by Gasteiger charge is 2.52. The van der Waals surface area contributed by atoms with Crippen LogP contribution in [0.4, 0.5) is 9.18 Å². The average molecular weight is 456 g/mol. The summed E-state index contributed by atoms with van der Waals surface area (Å²) in [5.74, 6) is -1.93. The van der Waals surface area contributed by atoms with Crippen molar-refractivity contribution >= 4 is 23.9 Å². The fourth-order valence-electron chi connectivity index (χ4n) is 3.62. The number of esters is 2. The number of hydrogen-bond acceptors (Lipinski definition) is 7. The van der Waals surface area contributed by atoms with E-state index in [2.05, 4.69) is 5.32 Å². The average Bonchev–Trinajstić information content (AvgIpc) is 3.13. The van der Waals surface area contributed by atoms with Gasteiger partial charge in [-0.1, -0.05) is 36.4 Å². The van der Waals surface area contributed by atoms with E-state index in [1.807, 2.05) is 0 Å². The van der Waals surface area contributed by atoms with Gasteiger partial charge in [-0.2, -0.15) is 0 Å². The summed E-state index contributed by atoms with van der Waals surface area (Å²) in [5, 5.41) is 2.10. The molecule has 0 spiro atoms. The van der Waals surface area contributed by atoms with Crippen molar-refractivity contribution in [1.29, 1.82) is 0 Å². The molecule has 2 unspecified atom stereocenters. The number of alkyl halides is 1. The van der Waals surface area contributed by atoms with E-state index >= 15 is 4.39 Å². The van der Waals surface area contributed by atoms with E-state index < -0.39 is 55.1 Å². The monoisotopic (exact) mass is 456 g/mol. The van der Waals surface area contributed by atoms with Crippen molar-refractivity contribution in [1.82, 2.24) is 10.2 Å². The largest absolute Gasteiger partial charge is 0.459 e. The van der Waals surface area contributed by atoms with Crippen molar-refractivity contribution in [3.05, 3.63) is 71.8 Å². The summed E-state index contributed by atoms with van der Waals surface area (Å²) in [6.45, 7) is -0.475. The van der Waals surface area contributed by atoms with Gasteiger partial charge in [0, 0.05) is 13.0 Å². The first kappa shape index (κ1) is 22.4. The number of hydrogen-bond donors (Lipinski definition) is 1. The van der Waals surface area contributed by atoms with Crippen molar-refractivity contribution < 1.29 is 37.8 Å². The maximum atomic E-state index is 15.4. The van der Waals surface area contributed by atoms with Crippen molar-refractivity contribution in [3.63, 3.8) is 0 Å². The Kier molecular flexibility index (Phi) is 6.64. The first-order valence-electron chi connectivity index (χ1n) is 10.3. The van der Waals surface area contributed by atoms with Gasteiger partial charge in [0.25, 0.3) is 0 Å². The third kappa shape index (κ3) is 5.01. The summed E-state index contributed by atoms with van der Waals surface area (Å²) in [7, 11) is 0. The molecule has 172 valence electrons. The Morgan fingerprint density at radius 2 is 1.61 bits per heavy atom. The highest BCUT2D eigenvalue weighted by Crippen LogP contribution is 2.31. The molecule has 2 aromatic carbocycles. The van der Waals surface area contributed by atoms with Gasteiger partial charge < -0.3 is 14.2 Å². The zero-order valence-corrected chi connectivity index (χ0v) is 17.4. The van der Waals surface area contributed by atoms with E-state index in [4.69, 9.17) is 14.2 Å². The van der Waals surface area contributed by atoms with E-state index in [0.29, 0.717) is 0 Å². The molecule has 10 heteroatoms. The molecule has 1 N–H and O–H groups in total. The zero-order valence-electron chi connectivity index (χ0n) is 17.4. The number of nitrogens with zero attached hydrogens (tertiary/aromatic N) is 1. The van der Waals surface area contributed by atoms with Gasteiger partial charge in [-0.25, -0.2) is 18.8 Å². The van der Waals surface area contributed by atoms with Gasteiger partial charge in [0.1, 0.15) is 12.7 Å². The number of carbonyl (C=O) groups is 4. The second kappa shape index (κ2) is 9.78. The molecular formula is C23H21FN2O7. The molecule has 2 saturated heterocycles. The Morgan fingerprint density at radius 1 is 1.00 bits per heavy atom. The normalized spacial score (nSPS) is 24.8. The minimum Gasteiger partial charge on any atom is -0.459 e. The molecule has 2 aromatic rings. The van der Waals surface area contributed by atoms with Gasteiger partial charge in [0.15, 0.2) is 18.5 Å². The number of ether oxygens (including phenoxy) is 3. The van der Waals surface area contributed by atoms with Crippen LogP contribution in [0.2, 0.25) is 0 Å². The Morgan fingerprint density at radius 3 is 2.21 bits per heavy atom. The summed E-state index contributed by atoms with van der Waals surface area (Å²) in [4.78, 5) is 49.5. The SMILES string of the molecule is O=C1CCN([C@@H]2O[C@H](COC(=O)c3ccccc3)C(OC(=O)c3ccccc3)C2F)C(=O)N1. The molecule has 2 fully saturated rings. The number of imide groups is 1. The number of carbonyl (C=O) groups excluding carboxylic acids is 4. The molecule has 3 amide bonds. The van der Waals surface area contributed by atoms with Gasteiger partial charge >= 0.3 is 18.0 Å². The Labute approximate surface area is 188 Å². The lowest BCUT2D eigenvalue weighted by Crippen LogP contribution is -2.56. The van der Waals surface area contributed by atoms with Crippen LogP contribution in [0.1, 0.15) is 27.1 Å². The summed E-state index contributed by atoms with van der Waals surface area (Å²) in [6.07, 6.45) is -6.00. The van der Waals surface area contributed by atoms with Crippen LogP contribution in [-0.4, -0.2) is 66.5 Å². The van der Waals surface area contributed by atoms with Crippen LogP contribution in [0.25, 0.3) is 0 Å². The summed E-state index contributed by atoms with van der Waals surface area (Å²) in [5.41, 5.74) is 0.491. The van der Waals surface area contributed by atoms with Gasteiger partial charge in [0.2, 0.25) is 5.91 Å². The van der Waals surface area contributed by atoms with Crippen molar-refractivity contribution in [2.24, 2.45) is 0 Å². The van der Waals surface area contributed by atoms with Gasteiger partial charge in [-0.15, -0.1) is 0 Å². The highest BCUT2D eigenvalue weighted by atomic mass is 19.1. The smallest absolute Gasteiger partial charge is 0.338 e. The Bertz CT molecular complexity index is 1030. The Hall–Kier alpha value is -3.79. The van der Waals surface area contributed by atoms with Crippen LogP contribution >= 0.6 is 0 Å². The van der Waals surface area contributed by atoms with Crippen molar-refractivity contribution in [2.45, 2.75) is 31.0 Å². The van der Waals surface area contributed by atoms with E-state index in [1.165, 1.54) is 12.1 Å². The predicted molar refractivity (Wildman–Crippen MR) is 111 cm³/mol. The lowest BCUT2D eigenvalue weighted by Gasteiger charge is -2.32. The number of amides is 3.